The minimum absolute atomic E-state index is 0.0246. The van der Waals surface area contributed by atoms with Crippen molar-refractivity contribution in [3.8, 4) is 0 Å². The van der Waals surface area contributed by atoms with Crippen LogP contribution in [0.1, 0.15) is 93.9 Å². The second-order valence-electron chi connectivity index (χ2n) is 18.7. The van der Waals surface area contributed by atoms with Gasteiger partial charge in [0.05, 0.1) is 49.3 Å². The highest BCUT2D eigenvalue weighted by Gasteiger charge is 2.60. The standard InChI is InChI=1S/C47H70O14/c1-10-24(2)42-27(5)16-17-46(61-42)22-33-19-32(60-46)15-14-26(4)41(58-38-21-36(53-9)43(30(8)56-38)59-37-20-35(48)40(50)29(7)55-37)25(3)12-11-13-31-23-54-44-39(49)28(6)18-34(45(51)57-33)47(31,44)52/h11-14,16-18,24-25,27,29-30,32-44,48-50,52H,10,15,19-23H2,1-9H3/b12-11+,26-14+,31-13+/t24-,25-,27-,29-,30-,32+,33-,34-,35-,36-,37-,38-,39+,40-,41-,42+,43-,44+,46+,47+/m0/s1. The van der Waals surface area contributed by atoms with Crippen molar-refractivity contribution in [1.82, 2.24) is 0 Å². The van der Waals surface area contributed by atoms with Crippen LogP contribution in [0, 0.1) is 23.7 Å². The maximum Gasteiger partial charge on any atom is 0.316 e. The van der Waals surface area contributed by atoms with E-state index in [0.717, 1.165) is 12.0 Å². The molecule has 1 aliphatic carbocycles. The fraction of sp³-hybridized carbons (Fsp3) is 0.766. The van der Waals surface area contributed by atoms with Gasteiger partial charge in [-0.3, -0.25) is 4.79 Å². The number of rotatable bonds is 7. The van der Waals surface area contributed by atoms with Crippen molar-refractivity contribution in [3.05, 3.63) is 59.3 Å². The van der Waals surface area contributed by atoms with Crippen molar-refractivity contribution in [2.45, 2.75) is 191 Å². The zero-order valence-corrected chi connectivity index (χ0v) is 37.3. The predicted octanol–water partition coefficient (Wildman–Crippen LogP) is 4.72. The summed E-state index contributed by atoms with van der Waals surface area (Å²) in [6.07, 6.45) is 6.91. The molecule has 6 heterocycles. The number of carbonyl (C=O) groups is 1. The quantitative estimate of drug-likeness (QED) is 0.204. The van der Waals surface area contributed by atoms with Gasteiger partial charge < -0.3 is 63.1 Å². The number of allylic oxidation sites excluding steroid dienone is 2. The molecule has 0 aromatic heterocycles. The van der Waals surface area contributed by atoms with Crippen molar-refractivity contribution >= 4 is 5.97 Å². The van der Waals surface area contributed by atoms with Crippen LogP contribution in [0.5, 0.6) is 0 Å². The van der Waals surface area contributed by atoms with E-state index in [1.54, 1.807) is 33.1 Å². The first kappa shape index (κ1) is 46.7. The highest BCUT2D eigenvalue weighted by molar-refractivity contribution is 5.78. The number of aliphatic hydroxyl groups is 4. The van der Waals surface area contributed by atoms with Crippen LogP contribution >= 0.6 is 0 Å². The highest BCUT2D eigenvalue weighted by atomic mass is 16.7. The summed E-state index contributed by atoms with van der Waals surface area (Å²) in [6.45, 7) is 15.9. The van der Waals surface area contributed by atoms with Gasteiger partial charge in [0, 0.05) is 44.6 Å². The smallest absolute Gasteiger partial charge is 0.316 e. The lowest BCUT2D eigenvalue weighted by molar-refractivity contribution is -0.317. The van der Waals surface area contributed by atoms with Crippen molar-refractivity contribution in [2.24, 2.45) is 23.7 Å². The van der Waals surface area contributed by atoms with E-state index < -0.39 is 103 Å². The molecule has 0 aromatic carbocycles. The molecule has 7 aliphatic rings. The molecule has 14 heteroatoms. The first-order valence-corrected chi connectivity index (χ1v) is 22.5. The Balaban J connectivity index is 1.19. The van der Waals surface area contributed by atoms with Gasteiger partial charge in [-0.15, -0.1) is 0 Å². The summed E-state index contributed by atoms with van der Waals surface area (Å²) in [4.78, 5) is 14.3. The van der Waals surface area contributed by atoms with Crippen LogP contribution in [-0.4, -0.2) is 137 Å². The molecular formula is C47H70O14. The van der Waals surface area contributed by atoms with E-state index in [-0.39, 0.29) is 43.3 Å². The number of esters is 1. The van der Waals surface area contributed by atoms with E-state index in [2.05, 4.69) is 32.9 Å². The third kappa shape index (κ3) is 9.58. The molecule has 0 unspecified atom stereocenters. The Hall–Kier alpha value is -2.31. The third-order valence-electron chi connectivity index (χ3n) is 14.2. The molecule has 4 N–H and O–H groups in total. The van der Waals surface area contributed by atoms with E-state index >= 15 is 0 Å². The lowest BCUT2D eigenvalue weighted by atomic mass is 9.71. The van der Waals surface area contributed by atoms with Gasteiger partial charge in [0.25, 0.3) is 0 Å². The number of ether oxygens (including phenoxy) is 9. The van der Waals surface area contributed by atoms with Crippen LogP contribution in [0.4, 0.5) is 0 Å². The first-order chi connectivity index (χ1) is 29.0. The molecule has 14 nitrogen and oxygen atoms in total. The molecule has 20 atom stereocenters. The Bertz CT molecular complexity index is 1700. The Kier molecular flexibility index (Phi) is 14.6. The van der Waals surface area contributed by atoms with Gasteiger partial charge in [0.1, 0.15) is 42.0 Å². The second kappa shape index (κ2) is 19.0. The summed E-state index contributed by atoms with van der Waals surface area (Å²) in [5.41, 5.74) is 0.0978. The van der Waals surface area contributed by atoms with Gasteiger partial charge in [-0.1, -0.05) is 70.6 Å². The lowest BCUT2D eigenvalue weighted by Gasteiger charge is -2.48. The molecule has 0 saturated carbocycles. The largest absolute Gasteiger partial charge is 0.462 e. The number of fused-ring (bicyclic) bond motifs is 2. The number of hydrogen-bond donors (Lipinski definition) is 4. The maximum absolute atomic E-state index is 14.3. The summed E-state index contributed by atoms with van der Waals surface area (Å²) < 4.78 is 57.7. The zero-order valence-electron chi connectivity index (χ0n) is 37.3. The van der Waals surface area contributed by atoms with Crippen LogP contribution in [0.25, 0.3) is 0 Å². The minimum Gasteiger partial charge on any atom is -0.462 e. The van der Waals surface area contributed by atoms with E-state index in [9.17, 15) is 25.2 Å². The molecule has 6 aliphatic heterocycles. The Morgan fingerprint density at radius 2 is 1.66 bits per heavy atom. The van der Waals surface area contributed by atoms with Crippen molar-refractivity contribution < 1.29 is 67.9 Å². The molecule has 0 amide bonds. The van der Waals surface area contributed by atoms with Crippen LogP contribution in [-0.2, 0) is 47.4 Å². The fourth-order valence-corrected chi connectivity index (χ4v) is 10.3. The van der Waals surface area contributed by atoms with Gasteiger partial charge >= 0.3 is 5.97 Å². The predicted molar refractivity (Wildman–Crippen MR) is 223 cm³/mol. The Labute approximate surface area is 360 Å². The maximum atomic E-state index is 14.3. The van der Waals surface area contributed by atoms with Crippen LogP contribution < -0.4 is 0 Å². The van der Waals surface area contributed by atoms with E-state index in [4.69, 9.17) is 42.6 Å². The summed E-state index contributed by atoms with van der Waals surface area (Å²) in [5.74, 6) is -2.60. The van der Waals surface area contributed by atoms with E-state index in [0.29, 0.717) is 30.4 Å². The molecular weight excluding hydrogens is 789 g/mol. The molecule has 61 heavy (non-hydrogen) atoms. The molecule has 4 saturated heterocycles. The van der Waals surface area contributed by atoms with E-state index in [1.807, 2.05) is 39.0 Å². The van der Waals surface area contributed by atoms with Crippen molar-refractivity contribution in [2.75, 3.05) is 13.7 Å². The topological polar surface area (TPSA) is 181 Å². The normalized spacial score (nSPS) is 49.8. The third-order valence-corrected chi connectivity index (χ3v) is 14.2. The molecule has 7 rings (SSSR count). The summed E-state index contributed by atoms with van der Waals surface area (Å²) in [5, 5.41) is 44.3. The molecule has 2 bridgehead atoms. The SMILES string of the molecule is CC[C@H](C)[C@H]1O[C@]2(C=C[C@@H]1C)C[C@@H]1C[C@@H](C/C=C(\C)[C@@H](O[C@H]3C[C@H](OC)[C@@H](O[C@H]4C[C@H](O)[C@@H](O)[C@H](C)O4)[C@H](C)O3)[C@@H](C)/C=C/C=C3\CO[C@@H]4[C@H](O)C(C)=C[C@@H](C(=O)O1)[C@]34O)O2. The van der Waals surface area contributed by atoms with Crippen molar-refractivity contribution in [3.63, 3.8) is 0 Å². The average Bonchev–Trinajstić information content (AvgIpc) is 3.56. The van der Waals surface area contributed by atoms with Gasteiger partial charge in [0.2, 0.25) is 0 Å². The fourth-order valence-electron chi connectivity index (χ4n) is 10.3. The van der Waals surface area contributed by atoms with Crippen LogP contribution in [0.3, 0.4) is 0 Å². The zero-order chi connectivity index (χ0) is 44.0. The second-order valence-corrected chi connectivity index (χ2v) is 18.7. The van der Waals surface area contributed by atoms with Gasteiger partial charge in [-0.2, -0.15) is 0 Å². The first-order valence-electron chi connectivity index (χ1n) is 22.5. The summed E-state index contributed by atoms with van der Waals surface area (Å²) in [6, 6.07) is 0. The van der Waals surface area contributed by atoms with Gasteiger partial charge in [-0.05, 0) is 62.8 Å². The van der Waals surface area contributed by atoms with E-state index in [1.165, 1.54) is 0 Å². The molecule has 4 fully saturated rings. The number of aliphatic hydroxyl groups excluding tert-OH is 3. The molecule has 1 spiro atoms. The number of carbonyl (C=O) groups excluding carboxylic acids is 1. The Morgan fingerprint density at radius 1 is 0.918 bits per heavy atom. The minimum atomic E-state index is -1.84. The molecule has 0 aromatic rings. The summed E-state index contributed by atoms with van der Waals surface area (Å²) >= 11 is 0. The van der Waals surface area contributed by atoms with Crippen LogP contribution in [0.15, 0.2) is 59.3 Å². The molecule has 342 valence electrons. The van der Waals surface area contributed by atoms with Crippen molar-refractivity contribution in [1.29, 1.82) is 0 Å². The monoisotopic (exact) mass is 858 g/mol. The highest BCUT2D eigenvalue weighted by Crippen LogP contribution is 2.47. The number of hydrogen-bond acceptors (Lipinski definition) is 14. The van der Waals surface area contributed by atoms with Gasteiger partial charge in [0.15, 0.2) is 18.4 Å². The van der Waals surface area contributed by atoms with Crippen LogP contribution in [0.2, 0.25) is 0 Å². The lowest BCUT2D eigenvalue weighted by Crippen LogP contribution is -2.58. The average molecular weight is 859 g/mol. The summed E-state index contributed by atoms with van der Waals surface area (Å²) in [7, 11) is 1.62. The van der Waals surface area contributed by atoms with Gasteiger partial charge in [-0.25, -0.2) is 0 Å². The molecule has 0 radical (unpaired) electrons. The number of methoxy groups -OCH3 is 1. The Morgan fingerprint density at radius 3 is 2.38 bits per heavy atom.